The van der Waals surface area contributed by atoms with Crippen molar-refractivity contribution in [1.82, 2.24) is 14.8 Å². The number of halogens is 6. The van der Waals surface area contributed by atoms with Crippen LogP contribution in [0.25, 0.3) is 11.1 Å². The number of ketones is 1. The van der Waals surface area contributed by atoms with Gasteiger partial charge in [-0.15, -0.1) is 0 Å². The van der Waals surface area contributed by atoms with E-state index >= 15 is 0 Å². The van der Waals surface area contributed by atoms with Gasteiger partial charge < -0.3 is 5.73 Å². The molecular formula is C31H28F6N4O2. The van der Waals surface area contributed by atoms with E-state index in [9.17, 15) is 35.9 Å². The number of Topliss-reactive ketones (excluding diaryl/α,β-unsaturated/α-hetero) is 1. The number of hydrogen-bond donors (Lipinski definition) is 1. The fraction of sp³-hybridized carbons (Fsp3) is 0.290. The molecule has 0 aliphatic rings. The van der Waals surface area contributed by atoms with Crippen LogP contribution in [0.15, 0.2) is 67.0 Å². The molecule has 0 radical (unpaired) electrons. The number of hydrogen-bond acceptors (Lipinski definition) is 4. The Morgan fingerprint density at radius 1 is 1.00 bits per heavy atom. The Morgan fingerprint density at radius 3 is 2.35 bits per heavy atom. The zero-order valence-electron chi connectivity index (χ0n) is 23.0. The van der Waals surface area contributed by atoms with Gasteiger partial charge in [-0.05, 0) is 60.4 Å². The number of pyridine rings is 1. The molecule has 4 aromatic rings. The van der Waals surface area contributed by atoms with Crippen LogP contribution >= 0.6 is 0 Å². The Labute approximate surface area is 243 Å². The number of carbonyl (C=O) groups is 2. The highest BCUT2D eigenvalue weighted by Crippen LogP contribution is 2.35. The fourth-order valence-corrected chi connectivity index (χ4v) is 5.03. The van der Waals surface area contributed by atoms with Gasteiger partial charge in [0.25, 0.3) is 5.91 Å². The molecule has 2 aromatic heterocycles. The van der Waals surface area contributed by atoms with Crippen molar-refractivity contribution in [2.24, 2.45) is 5.73 Å². The first-order valence-corrected chi connectivity index (χ1v) is 13.5. The summed E-state index contributed by atoms with van der Waals surface area (Å²) in [6.07, 6.45) is -1.09. The number of nitrogens with zero attached hydrogens (tertiary/aromatic N) is 3. The topological polar surface area (TPSA) is 90.9 Å². The van der Waals surface area contributed by atoms with E-state index in [0.29, 0.717) is 35.7 Å². The van der Waals surface area contributed by atoms with Gasteiger partial charge in [0.2, 0.25) is 0 Å². The largest absolute Gasteiger partial charge is 0.435 e. The number of carbonyl (C=O) groups excluding carboxylic acids is 2. The first kappa shape index (κ1) is 31.5. The number of benzene rings is 2. The summed E-state index contributed by atoms with van der Waals surface area (Å²) in [6, 6.07) is 9.60. The Morgan fingerprint density at radius 2 is 1.72 bits per heavy atom. The van der Waals surface area contributed by atoms with Crippen LogP contribution in [0.5, 0.6) is 0 Å². The minimum Gasteiger partial charge on any atom is -0.366 e. The summed E-state index contributed by atoms with van der Waals surface area (Å²) in [6.45, 7) is 1.87. The van der Waals surface area contributed by atoms with E-state index in [-0.39, 0.29) is 30.4 Å². The highest BCUT2D eigenvalue weighted by Gasteiger charge is 2.35. The van der Waals surface area contributed by atoms with Gasteiger partial charge in [-0.1, -0.05) is 31.9 Å². The highest BCUT2D eigenvalue weighted by atomic mass is 19.4. The lowest BCUT2D eigenvalue weighted by Crippen LogP contribution is -2.24. The van der Waals surface area contributed by atoms with Gasteiger partial charge in [0, 0.05) is 36.4 Å². The molecule has 0 spiro atoms. The van der Waals surface area contributed by atoms with E-state index in [2.05, 4.69) is 10.1 Å². The molecule has 2 heterocycles. The number of aromatic nitrogens is 3. The van der Waals surface area contributed by atoms with Crippen LogP contribution in [-0.4, -0.2) is 26.5 Å². The fourth-order valence-electron chi connectivity index (χ4n) is 5.03. The lowest BCUT2D eigenvalue weighted by atomic mass is 9.85. The lowest BCUT2D eigenvalue weighted by molar-refractivity contribution is -0.142. The van der Waals surface area contributed by atoms with Gasteiger partial charge in [0.05, 0.1) is 11.3 Å². The average molecular weight is 603 g/mol. The number of nitrogens with two attached hydrogens (primary N) is 1. The second kappa shape index (κ2) is 13.2. The number of amides is 1. The summed E-state index contributed by atoms with van der Waals surface area (Å²) in [4.78, 5) is 30.1. The normalized spacial score (nSPS) is 13.1. The van der Waals surface area contributed by atoms with Gasteiger partial charge in [-0.3, -0.25) is 19.3 Å². The number of unbranched alkanes of at least 4 members (excludes halogenated alkanes) is 1. The van der Waals surface area contributed by atoms with Crippen molar-refractivity contribution in [2.75, 3.05) is 0 Å². The Balaban J connectivity index is 1.78. The van der Waals surface area contributed by atoms with Crippen LogP contribution in [0.1, 0.15) is 71.9 Å². The molecule has 0 saturated carbocycles. The monoisotopic (exact) mass is 602 g/mol. The summed E-state index contributed by atoms with van der Waals surface area (Å²) in [5.74, 6) is -4.77. The maximum atomic E-state index is 14.2. The molecule has 1 amide bonds. The maximum absolute atomic E-state index is 14.2. The van der Waals surface area contributed by atoms with Gasteiger partial charge in [0.15, 0.2) is 11.5 Å². The van der Waals surface area contributed by atoms with Gasteiger partial charge in [0.1, 0.15) is 23.5 Å². The molecule has 12 heteroatoms. The molecule has 1 unspecified atom stereocenters. The third kappa shape index (κ3) is 7.68. The molecule has 226 valence electrons. The summed E-state index contributed by atoms with van der Waals surface area (Å²) in [7, 11) is 0. The van der Waals surface area contributed by atoms with Crippen LogP contribution in [0, 0.1) is 17.5 Å². The van der Waals surface area contributed by atoms with E-state index in [0.717, 1.165) is 35.1 Å². The van der Waals surface area contributed by atoms with E-state index in [1.807, 2.05) is 6.92 Å². The zero-order valence-corrected chi connectivity index (χ0v) is 23.0. The third-order valence-corrected chi connectivity index (χ3v) is 7.04. The van der Waals surface area contributed by atoms with Gasteiger partial charge in [-0.25, -0.2) is 13.2 Å². The molecule has 0 bridgehead atoms. The standard InChI is InChI=1S/C31H28F6N4O2/c1-2-3-6-26(41-11-9-28(40-41)31(35,36)37)27(42)16-20(12-18-13-21(32)17-22(33)14-18)29-23(5-4-10-39-29)19-7-8-25(34)24(15-19)30(38)43/h4-5,7-11,13-15,17,20,26H,2-3,6,12,16H2,1H3,(H2,38,43)/t20-,26?/m1/s1. The quantitative estimate of drug-likeness (QED) is 0.174. The average Bonchev–Trinajstić information content (AvgIpc) is 3.43. The zero-order chi connectivity index (χ0) is 31.3. The molecular weight excluding hydrogens is 574 g/mol. The van der Waals surface area contributed by atoms with Crippen LogP contribution in [0.3, 0.4) is 0 Å². The number of alkyl halides is 3. The third-order valence-electron chi connectivity index (χ3n) is 7.04. The predicted octanol–water partition coefficient (Wildman–Crippen LogP) is 7.20. The smallest absolute Gasteiger partial charge is 0.366 e. The maximum Gasteiger partial charge on any atom is 0.435 e. The Kier molecular flexibility index (Phi) is 9.67. The van der Waals surface area contributed by atoms with E-state index in [1.54, 1.807) is 12.1 Å². The highest BCUT2D eigenvalue weighted by molar-refractivity contribution is 5.94. The minimum absolute atomic E-state index is 0.0677. The van der Waals surface area contributed by atoms with E-state index in [4.69, 9.17) is 5.73 Å². The summed E-state index contributed by atoms with van der Waals surface area (Å²) in [5.41, 5.74) is 5.09. The number of rotatable bonds is 12. The molecule has 6 nitrogen and oxygen atoms in total. The van der Waals surface area contributed by atoms with Crippen LogP contribution in [0.4, 0.5) is 26.3 Å². The minimum atomic E-state index is -4.70. The van der Waals surface area contributed by atoms with Crippen LogP contribution < -0.4 is 5.73 Å². The van der Waals surface area contributed by atoms with Crippen molar-refractivity contribution in [1.29, 1.82) is 0 Å². The van der Waals surface area contributed by atoms with Gasteiger partial charge >= 0.3 is 6.18 Å². The molecule has 0 fully saturated rings. The molecule has 43 heavy (non-hydrogen) atoms. The molecule has 2 atom stereocenters. The van der Waals surface area contributed by atoms with Crippen LogP contribution in [-0.2, 0) is 17.4 Å². The summed E-state index contributed by atoms with van der Waals surface area (Å²) in [5, 5.41) is 3.62. The van der Waals surface area contributed by atoms with Crippen molar-refractivity contribution >= 4 is 11.7 Å². The molecule has 4 rings (SSSR count). The number of primary amides is 1. The predicted molar refractivity (Wildman–Crippen MR) is 146 cm³/mol. The molecule has 2 N–H and O–H groups in total. The van der Waals surface area contributed by atoms with E-state index < -0.39 is 53.0 Å². The Bertz CT molecular complexity index is 1600. The SMILES string of the molecule is CCCCC(C(=O)C[C@@H](Cc1cc(F)cc(F)c1)c1ncccc1-c1ccc(F)c(C(N)=O)c1)n1ccc(C(F)(F)F)n1. The molecule has 0 aliphatic heterocycles. The second-order valence-corrected chi connectivity index (χ2v) is 10.2. The molecule has 0 aliphatic carbocycles. The summed E-state index contributed by atoms with van der Waals surface area (Å²) < 4.78 is 83.3. The van der Waals surface area contributed by atoms with Crippen molar-refractivity contribution in [3.8, 4) is 11.1 Å². The van der Waals surface area contributed by atoms with E-state index in [1.165, 1.54) is 18.3 Å². The molecule has 0 saturated heterocycles. The van der Waals surface area contributed by atoms with Crippen molar-refractivity contribution < 1.29 is 35.9 Å². The van der Waals surface area contributed by atoms with Crippen molar-refractivity contribution in [3.63, 3.8) is 0 Å². The van der Waals surface area contributed by atoms with Crippen molar-refractivity contribution in [2.45, 2.75) is 57.2 Å². The van der Waals surface area contributed by atoms with Crippen molar-refractivity contribution in [3.05, 3.63) is 107 Å². The second-order valence-electron chi connectivity index (χ2n) is 10.2. The first-order chi connectivity index (χ1) is 20.4. The lowest BCUT2D eigenvalue weighted by Gasteiger charge is -2.23. The molecule has 2 aromatic carbocycles. The van der Waals surface area contributed by atoms with Gasteiger partial charge in [-0.2, -0.15) is 18.3 Å². The summed E-state index contributed by atoms with van der Waals surface area (Å²) >= 11 is 0. The van der Waals surface area contributed by atoms with Crippen LogP contribution in [0.2, 0.25) is 0 Å². The Hall–Kier alpha value is -4.48. The first-order valence-electron chi connectivity index (χ1n) is 13.5.